The number of nitrogens with one attached hydrogen (secondary N) is 1. The van der Waals surface area contributed by atoms with E-state index in [1.54, 1.807) is 7.11 Å². The van der Waals surface area contributed by atoms with E-state index >= 15 is 0 Å². The second kappa shape index (κ2) is 6.02. The van der Waals surface area contributed by atoms with E-state index < -0.39 is 0 Å². The Hall–Kier alpha value is -1.07. The molecule has 0 amide bonds. The summed E-state index contributed by atoms with van der Waals surface area (Å²) in [4.78, 5) is 4.51. The zero-order valence-corrected chi connectivity index (χ0v) is 10.6. The lowest BCUT2D eigenvalue weighted by molar-refractivity contribution is 0.0700. The minimum Gasteiger partial charge on any atom is -0.383 e. The molecule has 2 heterocycles. The van der Waals surface area contributed by atoms with Crippen LogP contribution in [0, 0.1) is 6.92 Å². The Bertz CT molecular complexity index is 346. The molecule has 0 bridgehead atoms. The summed E-state index contributed by atoms with van der Waals surface area (Å²) < 4.78 is 12.7. The van der Waals surface area contributed by atoms with Gasteiger partial charge in [-0.3, -0.25) is 0 Å². The van der Waals surface area contributed by atoms with Crippen molar-refractivity contribution in [1.29, 1.82) is 0 Å². The van der Waals surface area contributed by atoms with Gasteiger partial charge in [0.1, 0.15) is 0 Å². The molecule has 0 spiro atoms. The molecular formula is C12H21N3O2. The van der Waals surface area contributed by atoms with Crippen LogP contribution >= 0.6 is 0 Å². The molecule has 1 N–H and O–H groups in total. The van der Waals surface area contributed by atoms with E-state index in [0.717, 1.165) is 44.2 Å². The van der Waals surface area contributed by atoms with Gasteiger partial charge in [0.15, 0.2) is 0 Å². The predicted molar refractivity (Wildman–Crippen MR) is 66.4 cm³/mol. The Labute approximate surface area is 102 Å². The molecule has 0 radical (unpaired) electrons. The number of imidazole rings is 1. The van der Waals surface area contributed by atoms with Crippen LogP contribution in [0.15, 0.2) is 6.20 Å². The number of nitrogens with zero attached hydrogens (tertiary/aromatic N) is 2. The first kappa shape index (κ1) is 12.4. The van der Waals surface area contributed by atoms with Gasteiger partial charge in [-0.1, -0.05) is 0 Å². The van der Waals surface area contributed by atoms with Crippen LogP contribution in [-0.2, 0) is 9.47 Å². The molecular weight excluding hydrogens is 218 g/mol. The van der Waals surface area contributed by atoms with Crippen LogP contribution in [0.25, 0.3) is 0 Å². The predicted octanol–water partition coefficient (Wildman–Crippen LogP) is 1.60. The molecule has 5 heteroatoms. The highest BCUT2D eigenvalue weighted by molar-refractivity contribution is 5.29. The van der Waals surface area contributed by atoms with Crippen LogP contribution in [0.1, 0.15) is 24.6 Å². The number of hydrogen-bond acceptors (Lipinski definition) is 4. The van der Waals surface area contributed by atoms with Gasteiger partial charge in [-0.15, -0.1) is 0 Å². The van der Waals surface area contributed by atoms with Crippen molar-refractivity contribution >= 4 is 5.95 Å². The Balaban J connectivity index is 2.03. The van der Waals surface area contributed by atoms with Crippen molar-refractivity contribution < 1.29 is 9.47 Å². The number of rotatable bonds is 5. The zero-order chi connectivity index (χ0) is 12.1. The van der Waals surface area contributed by atoms with Crippen LogP contribution in [0.5, 0.6) is 0 Å². The molecule has 0 atom stereocenters. The van der Waals surface area contributed by atoms with Crippen molar-refractivity contribution in [3.05, 3.63) is 11.9 Å². The van der Waals surface area contributed by atoms with Crippen LogP contribution in [-0.4, -0.2) is 43.0 Å². The Kier molecular flexibility index (Phi) is 4.39. The average Bonchev–Trinajstić information content (AvgIpc) is 2.72. The summed E-state index contributed by atoms with van der Waals surface area (Å²) in [6.07, 6.45) is 4.24. The summed E-state index contributed by atoms with van der Waals surface area (Å²) in [7, 11) is 1.71. The van der Waals surface area contributed by atoms with Gasteiger partial charge >= 0.3 is 0 Å². The number of aryl methyl sites for hydroxylation is 1. The molecule has 1 fully saturated rings. The average molecular weight is 239 g/mol. The zero-order valence-electron chi connectivity index (χ0n) is 10.6. The second-order valence-electron chi connectivity index (χ2n) is 4.38. The standard InChI is InChI=1S/C12H21N3O2/c1-10-9-15(11-3-6-17-7-4-11)12(14-10)13-5-8-16-2/h9,11H,3-8H2,1-2H3,(H,13,14). The lowest BCUT2D eigenvalue weighted by Gasteiger charge is -2.25. The minimum absolute atomic E-state index is 0.509. The third-order valence-electron chi connectivity index (χ3n) is 3.03. The fraction of sp³-hybridized carbons (Fsp3) is 0.750. The van der Waals surface area contributed by atoms with E-state index in [2.05, 4.69) is 21.1 Å². The Morgan fingerprint density at radius 1 is 1.53 bits per heavy atom. The fourth-order valence-electron chi connectivity index (χ4n) is 2.15. The number of hydrogen-bond donors (Lipinski definition) is 1. The molecule has 2 rings (SSSR count). The number of ether oxygens (including phenoxy) is 2. The lowest BCUT2D eigenvalue weighted by Crippen LogP contribution is -2.21. The van der Waals surface area contributed by atoms with Crippen LogP contribution < -0.4 is 5.32 Å². The van der Waals surface area contributed by atoms with E-state index in [9.17, 15) is 0 Å². The number of anilines is 1. The summed E-state index contributed by atoms with van der Waals surface area (Å²) in [6.45, 7) is 5.20. The summed E-state index contributed by atoms with van der Waals surface area (Å²) in [5.74, 6) is 0.950. The van der Waals surface area contributed by atoms with Crippen molar-refractivity contribution in [2.24, 2.45) is 0 Å². The summed E-state index contributed by atoms with van der Waals surface area (Å²) in [5.41, 5.74) is 1.05. The van der Waals surface area contributed by atoms with Gasteiger partial charge in [0.2, 0.25) is 5.95 Å². The van der Waals surface area contributed by atoms with Crippen molar-refractivity contribution in [2.45, 2.75) is 25.8 Å². The first-order valence-corrected chi connectivity index (χ1v) is 6.17. The molecule has 1 aliphatic rings. The quantitative estimate of drug-likeness (QED) is 0.793. The largest absolute Gasteiger partial charge is 0.383 e. The molecule has 0 saturated carbocycles. The molecule has 17 heavy (non-hydrogen) atoms. The third kappa shape index (κ3) is 3.20. The Morgan fingerprint density at radius 3 is 3.00 bits per heavy atom. The normalized spacial score (nSPS) is 17.3. The van der Waals surface area contributed by atoms with Gasteiger partial charge < -0.3 is 19.4 Å². The molecule has 96 valence electrons. The van der Waals surface area contributed by atoms with E-state index in [4.69, 9.17) is 9.47 Å². The van der Waals surface area contributed by atoms with Crippen LogP contribution in [0.3, 0.4) is 0 Å². The SMILES string of the molecule is COCCNc1nc(C)cn1C1CCOCC1. The third-order valence-corrected chi connectivity index (χ3v) is 3.03. The van der Waals surface area contributed by atoms with Crippen molar-refractivity contribution in [3.8, 4) is 0 Å². The van der Waals surface area contributed by atoms with Crippen molar-refractivity contribution in [3.63, 3.8) is 0 Å². The van der Waals surface area contributed by atoms with Gasteiger partial charge in [0.25, 0.3) is 0 Å². The van der Waals surface area contributed by atoms with Crippen LogP contribution in [0.4, 0.5) is 5.95 Å². The molecule has 0 aliphatic carbocycles. The molecule has 0 aromatic carbocycles. The van der Waals surface area contributed by atoms with E-state index in [-0.39, 0.29) is 0 Å². The molecule has 1 aromatic rings. The summed E-state index contributed by atoms with van der Waals surface area (Å²) in [5, 5.41) is 3.32. The highest BCUT2D eigenvalue weighted by Gasteiger charge is 2.18. The summed E-state index contributed by atoms with van der Waals surface area (Å²) in [6, 6.07) is 0.509. The van der Waals surface area contributed by atoms with Gasteiger partial charge in [-0.2, -0.15) is 0 Å². The second-order valence-corrected chi connectivity index (χ2v) is 4.38. The van der Waals surface area contributed by atoms with E-state index in [1.807, 2.05) is 6.92 Å². The maximum Gasteiger partial charge on any atom is 0.203 e. The topological polar surface area (TPSA) is 48.3 Å². The monoisotopic (exact) mass is 239 g/mol. The number of aromatic nitrogens is 2. The van der Waals surface area contributed by atoms with E-state index in [0.29, 0.717) is 12.6 Å². The minimum atomic E-state index is 0.509. The first-order valence-electron chi connectivity index (χ1n) is 6.17. The van der Waals surface area contributed by atoms with Gasteiger partial charge in [0.05, 0.1) is 12.3 Å². The maximum absolute atomic E-state index is 5.39. The van der Waals surface area contributed by atoms with Gasteiger partial charge in [-0.25, -0.2) is 4.98 Å². The highest BCUT2D eigenvalue weighted by Crippen LogP contribution is 2.25. The highest BCUT2D eigenvalue weighted by atomic mass is 16.5. The molecule has 5 nitrogen and oxygen atoms in total. The van der Waals surface area contributed by atoms with Gasteiger partial charge in [0, 0.05) is 39.1 Å². The fourth-order valence-corrected chi connectivity index (χ4v) is 2.15. The molecule has 0 unspecified atom stereocenters. The van der Waals surface area contributed by atoms with Crippen molar-refractivity contribution in [2.75, 3.05) is 38.8 Å². The van der Waals surface area contributed by atoms with Crippen molar-refractivity contribution in [1.82, 2.24) is 9.55 Å². The number of methoxy groups -OCH3 is 1. The van der Waals surface area contributed by atoms with E-state index in [1.165, 1.54) is 0 Å². The molecule has 1 aliphatic heterocycles. The maximum atomic E-state index is 5.39. The van der Waals surface area contributed by atoms with Gasteiger partial charge in [-0.05, 0) is 19.8 Å². The van der Waals surface area contributed by atoms with Crippen LogP contribution in [0.2, 0.25) is 0 Å². The summed E-state index contributed by atoms with van der Waals surface area (Å²) >= 11 is 0. The lowest BCUT2D eigenvalue weighted by atomic mass is 10.1. The smallest absolute Gasteiger partial charge is 0.203 e. The molecule has 1 saturated heterocycles. The Morgan fingerprint density at radius 2 is 2.29 bits per heavy atom. The molecule has 1 aromatic heterocycles. The first-order chi connectivity index (χ1) is 8.31.